The van der Waals surface area contributed by atoms with Crippen LogP contribution in [0.3, 0.4) is 0 Å². The highest BCUT2D eigenvalue weighted by molar-refractivity contribution is 14.0. The Hall–Kier alpha value is -2.36. The number of hydrogen-bond acceptors (Lipinski definition) is 4. The van der Waals surface area contributed by atoms with Gasteiger partial charge in [0.05, 0.1) is 18.5 Å². The van der Waals surface area contributed by atoms with Crippen LogP contribution in [0, 0.1) is 13.8 Å². The van der Waals surface area contributed by atoms with E-state index in [1.165, 1.54) is 0 Å². The number of aryl methyl sites for hydroxylation is 2. The van der Waals surface area contributed by atoms with Gasteiger partial charge in [0.2, 0.25) is 0 Å². The minimum atomic E-state index is 0. The number of nitrogens with zero attached hydrogens (tertiary/aromatic N) is 4. The summed E-state index contributed by atoms with van der Waals surface area (Å²) in [5.41, 5.74) is 3.11. The van der Waals surface area contributed by atoms with Gasteiger partial charge in [-0.25, -0.2) is 9.67 Å². The first kappa shape index (κ1) is 20.0. The predicted molar refractivity (Wildman–Crippen MR) is 112 cm³/mol. The molecule has 0 fully saturated rings. The molecule has 0 radical (unpaired) electrons. The van der Waals surface area contributed by atoms with Crippen molar-refractivity contribution in [2.75, 3.05) is 7.05 Å². The summed E-state index contributed by atoms with van der Waals surface area (Å²) in [7, 11) is 1.74. The van der Waals surface area contributed by atoms with Gasteiger partial charge in [0.1, 0.15) is 5.76 Å². The highest BCUT2D eigenvalue weighted by atomic mass is 127. The van der Waals surface area contributed by atoms with E-state index in [0.29, 0.717) is 19.0 Å². The van der Waals surface area contributed by atoms with Crippen LogP contribution in [0.2, 0.25) is 0 Å². The third-order valence-corrected chi connectivity index (χ3v) is 3.73. The lowest BCUT2D eigenvalue weighted by Crippen LogP contribution is -2.36. The fourth-order valence-corrected chi connectivity index (χ4v) is 2.50. The molecular weight excluding hydrogens is 443 g/mol. The molecule has 0 aromatic carbocycles. The molecule has 0 saturated carbocycles. The monoisotopic (exact) mass is 466 g/mol. The molecule has 0 spiro atoms. The first-order valence-electron chi connectivity index (χ1n) is 8.11. The molecule has 3 aromatic rings. The van der Waals surface area contributed by atoms with Gasteiger partial charge in [-0.2, -0.15) is 5.10 Å². The molecule has 0 aliphatic rings. The molecule has 7 nitrogen and oxygen atoms in total. The maximum Gasteiger partial charge on any atom is 0.191 e. The summed E-state index contributed by atoms with van der Waals surface area (Å²) in [5, 5.41) is 10.9. The zero-order chi connectivity index (χ0) is 17.6. The van der Waals surface area contributed by atoms with Crippen molar-refractivity contribution in [3.63, 3.8) is 0 Å². The molecule has 3 heterocycles. The Morgan fingerprint density at radius 2 is 2.00 bits per heavy atom. The highest BCUT2D eigenvalue weighted by Crippen LogP contribution is 2.10. The van der Waals surface area contributed by atoms with Gasteiger partial charge in [-0.05, 0) is 43.7 Å². The summed E-state index contributed by atoms with van der Waals surface area (Å²) in [6.45, 7) is 5.21. The molecule has 0 amide bonds. The highest BCUT2D eigenvalue weighted by Gasteiger charge is 2.05. The summed E-state index contributed by atoms with van der Waals surface area (Å²) < 4.78 is 7.14. The van der Waals surface area contributed by atoms with Gasteiger partial charge in [0, 0.05) is 25.5 Å². The summed E-state index contributed by atoms with van der Waals surface area (Å²) >= 11 is 0. The van der Waals surface area contributed by atoms with E-state index in [1.807, 2.05) is 55.1 Å². The van der Waals surface area contributed by atoms with Gasteiger partial charge in [-0.1, -0.05) is 6.07 Å². The Balaban J connectivity index is 0.00000243. The van der Waals surface area contributed by atoms with Crippen LogP contribution in [0.15, 0.2) is 52.2 Å². The van der Waals surface area contributed by atoms with Crippen LogP contribution in [-0.4, -0.2) is 27.8 Å². The minimum Gasteiger partial charge on any atom is -0.467 e. The quantitative estimate of drug-likeness (QED) is 0.344. The van der Waals surface area contributed by atoms with E-state index in [4.69, 9.17) is 4.42 Å². The van der Waals surface area contributed by atoms with Crippen LogP contribution in [0.25, 0.3) is 5.82 Å². The van der Waals surface area contributed by atoms with Crippen LogP contribution in [0.5, 0.6) is 0 Å². The van der Waals surface area contributed by atoms with Gasteiger partial charge >= 0.3 is 0 Å². The fourth-order valence-electron chi connectivity index (χ4n) is 2.50. The first-order valence-corrected chi connectivity index (χ1v) is 8.11. The normalized spacial score (nSPS) is 11.1. The van der Waals surface area contributed by atoms with Gasteiger partial charge in [0.15, 0.2) is 11.8 Å². The zero-order valence-corrected chi connectivity index (χ0v) is 17.4. The van der Waals surface area contributed by atoms with Crippen LogP contribution < -0.4 is 10.6 Å². The second kappa shape index (κ2) is 9.37. The number of aliphatic imine (C=N–C) groups is 1. The molecule has 0 bridgehead atoms. The van der Waals surface area contributed by atoms with Gasteiger partial charge in [-0.15, -0.1) is 24.0 Å². The SMILES string of the molecule is CN=C(NCc1ccc(-n2nc(C)cc2C)nc1)NCc1ccco1.I. The molecule has 0 unspecified atom stereocenters. The second-order valence-electron chi connectivity index (χ2n) is 5.72. The molecule has 8 heteroatoms. The molecule has 2 N–H and O–H groups in total. The molecule has 0 aliphatic heterocycles. The molecule has 0 atom stereocenters. The number of furan rings is 1. The summed E-state index contributed by atoms with van der Waals surface area (Å²) in [4.78, 5) is 8.70. The van der Waals surface area contributed by atoms with E-state index in [9.17, 15) is 0 Å². The van der Waals surface area contributed by atoms with Crippen molar-refractivity contribution in [1.82, 2.24) is 25.4 Å². The lowest BCUT2D eigenvalue weighted by Gasteiger charge is -2.11. The molecule has 3 aromatic heterocycles. The number of nitrogens with one attached hydrogen (secondary N) is 2. The van der Waals surface area contributed by atoms with Crippen LogP contribution >= 0.6 is 24.0 Å². The zero-order valence-electron chi connectivity index (χ0n) is 15.1. The third-order valence-electron chi connectivity index (χ3n) is 3.73. The number of halogens is 1. The van der Waals surface area contributed by atoms with Crippen LogP contribution in [0.4, 0.5) is 0 Å². The van der Waals surface area contributed by atoms with E-state index in [0.717, 1.165) is 28.5 Å². The Morgan fingerprint density at radius 1 is 1.19 bits per heavy atom. The van der Waals surface area contributed by atoms with E-state index < -0.39 is 0 Å². The molecular formula is C18H23IN6O. The van der Waals surface area contributed by atoms with Crippen molar-refractivity contribution in [3.05, 3.63) is 65.5 Å². The molecule has 0 saturated heterocycles. The van der Waals surface area contributed by atoms with Crippen molar-refractivity contribution in [2.45, 2.75) is 26.9 Å². The lowest BCUT2D eigenvalue weighted by molar-refractivity contribution is 0.501. The summed E-state index contributed by atoms with van der Waals surface area (Å²) in [6, 6.07) is 9.82. The Bertz CT molecular complexity index is 839. The smallest absolute Gasteiger partial charge is 0.191 e. The Morgan fingerprint density at radius 3 is 2.58 bits per heavy atom. The minimum absolute atomic E-state index is 0. The third kappa shape index (κ3) is 5.07. The van der Waals surface area contributed by atoms with Crippen molar-refractivity contribution >= 4 is 29.9 Å². The molecule has 26 heavy (non-hydrogen) atoms. The van der Waals surface area contributed by atoms with E-state index in [2.05, 4.69) is 25.7 Å². The second-order valence-corrected chi connectivity index (χ2v) is 5.72. The van der Waals surface area contributed by atoms with E-state index in [-0.39, 0.29) is 24.0 Å². The van der Waals surface area contributed by atoms with Crippen molar-refractivity contribution < 1.29 is 4.42 Å². The average molecular weight is 466 g/mol. The van der Waals surface area contributed by atoms with E-state index in [1.54, 1.807) is 13.3 Å². The molecule has 138 valence electrons. The van der Waals surface area contributed by atoms with E-state index >= 15 is 0 Å². The number of hydrogen-bond donors (Lipinski definition) is 2. The van der Waals surface area contributed by atoms with Gasteiger partial charge < -0.3 is 15.1 Å². The average Bonchev–Trinajstić information content (AvgIpc) is 3.25. The predicted octanol–water partition coefficient (Wildman–Crippen LogP) is 2.96. The number of guanidine groups is 1. The van der Waals surface area contributed by atoms with Gasteiger partial charge in [-0.3, -0.25) is 4.99 Å². The molecule has 0 aliphatic carbocycles. The Kier molecular flexibility index (Phi) is 7.19. The summed E-state index contributed by atoms with van der Waals surface area (Å²) in [6.07, 6.45) is 3.50. The van der Waals surface area contributed by atoms with Gasteiger partial charge in [0.25, 0.3) is 0 Å². The maximum absolute atomic E-state index is 5.29. The first-order chi connectivity index (χ1) is 12.2. The summed E-state index contributed by atoms with van der Waals surface area (Å²) in [5.74, 6) is 2.38. The molecule has 3 rings (SSSR count). The number of pyridine rings is 1. The van der Waals surface area contributed by atoms with Crippen LogP contribution in [0.1, 0.15) is 22.7 Å². The number of rotatable bonds is 5. The number of aromatic nitrogens is 3. The van der Waals surface area contributed by atoms with Crippen molar-refractivity contribution in [1.29, 1.82) is 0 Å². The van der Waals surface area contributed by atoms with Crippen molar-refractivity contribution in [2.24, 2.45) is 4.99 Å². The van der Waals surface area contributed by atoms with Crippen molar-refractivity contribution in [3.8, 4) is 5.82 Å². The topological polar surface area (TPSA) is 80.3 Å². The fraction of sp³-hybridized carbons (Fsp3) is 0.278. The lowest BCUT2D eigenvalue weighted by atomic mass is 10.3. The standard InChI is InChI=1S/C18H22N6O.HI/c1-13-9-14(2)24(23-13)17-7-6-15(10-20-17)11-21-18(19-3)22-12-16-5-4-8-25-16;/h4-10H,11-12H2,1-3H3,(H2,19,21,22);1H. The maximum atomic E-state index is 5.29. The largest absolute Gasteiger partial charge is 0.467 e. The van der Waals surface area contributed by atoms with Crippen LogP contribution in [-0.2, 0) is 13.1 Å². The Labute approximate surface area is 169 Å².